The normalized spacial score (nSPS) is 12.8. The van der Waals surface area contributed by atoms with Crippen molar-refractivity contribution in [1.82, 2.24) is 20.4 Å². The van der Waals surface area contributed by atoms with Crippen molar-refractivity contribution in [3.05, 3.63) is 65.2 Å². The van der Waals surface area contributed by atoms with Gasteiger partial charge in [-0.15, -0.1) is 0 Å². The first kappa shape index (κ1) is 24.0. The second-order valence-electron chi connectivity index (χ2n) is 7.29. The zero-order chi connectivity index (χ0) is 23.1. The van der Waals surface area contributed by atoms with Gasteiger partial charge >= 0.3 is 11.8 Å². The Labute approximate surface area is 191 Å². The van der Waals surface area contributed by atoms with Crippen LogP contribution in [0.4, 0.5) is 0 Å². The number of nitrogens with one attached hydrogen (secondary N) is 1. The van der Waals surface area contributed by atoms with Crippen LogP contribution < -0.4 is 5.32 Å². The summed E-state index contributed by atoms with van der Waals surface area (Å²) in [7, 11) is -3.70. The molecule has 1 atom stereocenters. The number of carbonyl (C=O) groups is 1. The van der Waals surface area contributed by atoms with Gasteiger partial charge in [0.2, 0.25) is 0 Å². The lowest BCUT2D eigenvalue weighted by atomic mass is 10.2. The van der Waals surface area contributed by atoms with Gasteiger partial charge < -0.3 is 14.3 Å². The summed E-state index contributed by atoms with van der Waals surface area (Å²) in [5.41, 5.74) is 0. The molecule has 3 aromatic rings. The van der Waals surface area contributed by atoms with E-state index >= 15 is 0 Å². The molecule has 0 fully saturated rings. The number of hydrogen-bond acceptors (Lipinski definition) is 8. The molecule has 9 nitrogen and oxygen atoms in total. The Morgan fingerprint density at radius 3 is 2.66 bits per heavy atom. The Morgan fingerprint density at radius 2 is 2.00 bits per heavy atom. The SMILES string of the molecule is CC[C@@H](C)N(CCNC(=O)c1nc(CS(=O)(=O)c2ccc(Cl)cc2)no1)Cc1ccco1. The highest BCUT2D eigenvalue weighted by Gasteiger charge is 2.22. The number of carbonyl (C=O) groups excluding carboxylic acids is 1. The number of hydrogen-bond donors (Lipinski definition) is 1. The van der Waals surface area contributed by atoms with Gasteiger partial charge in [0.1, 0.15) is 11.5 Å². The summed E-state index contributed by atoms with van der Waals surface area (Å²) < 4.78 is 35.3. The molecule has 1 aromatic carbocycles. The van der Waals surface area contributed by atoms with Gasteiger partial charge in [-0.05, 0) is 49.7 Å². The number of rotatable bonds is 11. The maximum Gasteiger partial charge on any atom is 0.315 e. The average molecular weight is 481 g/mol. The molecule has 0 saturated heterocycles. The lowest BCUT2D eigenvalue weighted by Gasteiger charge is -2.27. The van der Waals surface area contributed by atoms with Crippen LogP contribution in [-0.4, -0.2) is 48.5 Å². The van der Waals surface area contributed by atoms with Gasteiger partial charge in [-0.2, -0.15) is 4.98 Å². The molecule has 172 valence electrons. The third-order valence-corrected chi connectivity index (χ3v) is 6.87. The van der Waals surface area contributed by atoms with Crippen LogP contribution in [0.2, 0.25) is 5.02 Å². The summed E-state index contributed by atoms with van der Waals surface area (Å²) in [6, 6.07) is 9.81. The lowest BCUT2D eigenvalue weighted by molar-refractivity contribution is 0.0898. The standard InChI is InChI=1S/C21H25ClN4O5S/c1-3-15(2)26(13-17-5-4-12-30-17)11-10-23-20(27)21-24-19(25-31-21)14-32(28,29)18-8-6-16(22)7-9-18/h4-9,12,15H,3,10-11,13-14H2,1-2H3,(H,23,27)/t15-/m1/s1. The number of nitrogens with zero attached hydrogens (tertiary/aromatic N) is 3. The fourth-order valence-electron chi connectivity index (χ4n) is 3.00. The summed E-state index contributed by atoms with van der Waals surface area (Å²) in [5.74, 6) is -0.581. The Kier molecular flexibility index (Phi) is 8.05. The van der Waals surface area contributed by atoms with Crippen LogP contribution in [0.3, 0.4) is 0 Å². The molecule has 0 aliphatic rings. The fraction of sp³-hybridized carbons (Fsp3) is 0.381. The maximum atomic E-state index is 12.5. The van der Waals surface area contributed by atoms with E-state index in [1.165, 1.54) is 24.3 Å². The molecule has 1 amide bonds. The number of aromatic nitrogens is 2. The smallest absolute Gasteiger partial charge is 0.315 e. The number of furan rings is 1. The topological polar surface area (TPSA) is 119 Å². The molecule has 0 radical (unpaired) electrons. The van der Waals surface area contributed by atoms with Crippen LogP contribution >= 0.6 is 11.6 Å². The fourth-order valence-corrected chi connectivity index (χ4v) is 4.31. The third kappa shape index (κ3) is 6.41. The zero-order valence-corrected chi connectivity index (χ0v) is 19.4. The highest BCUT2D eigenvalue weighted by atomic mass is 35.5. The van der Waals surface area contributed by atoms with Gasteiger partial charge in [0.25, 0.3) is 0 Å². The van der Waals surface area contributed by atoms with Crippen molar-refractivity contribution in [2.45, 2.75) is 43.5 Å². The van der Waals surface area contributed by atoms with Crippen molar-refractivity contribution < 1.29 is 22.2 Å². The molecular formula is C21H25ClN4O5S. The molecule has 0 aliphatic carbocycles. The molecule has 32 heavy (non-hydrogen) atoms. The van der Waals surface area contributed by atoms with E-state index in [0.29, 0.717) is 30.7 Å². The Hall–Kier alpha value is -2.69. The second-order valence-corrected chi connectivity index (χ2v) is 9.72. The van der Waals surface area contributed by atoms with Gasteiger partial charge in [-0.1, -0.05) is 23.7 Å². The summed E-state index contributed by atoms with van der Waals surface area (Å²) in [6.45, 7) is 5.77. The van der Waals surface area contributed by atoms with Crippen molar-refractivity contribution in [3.8, 4) is 0 Å². The first-order chi connectivity index (χ1) is 15.3. The van der Waals surface area contributed by atoms with Crippen LogP contribution in [0.5, 0.6) is 0 Å². The predicted octanol–water partition coefficient (Wildman–Crippen LogP) is 3.32. The predicted molar refractivity (Wildman–Crippen MR) is 118 cm³/mol. The molecule has 2 heterocycles. The van der Waals surface area contributed by atoms with E-state index in [1.807, 2.05) is 12.1 Å². The minimum atomic E-state index is -3.70. The van der Waals surface area contributed by atoms with Crippen molar-refractivity contribution in [3.63, 3.8) is 0 Å². The van der Waals surface area contributed by atoms with Crippen molar-refractivity contribution in [2.75, 3.05) is 13.1 Å². The monoisotopic (exact) mass is 480 g/mol. The third-order valence-electron chi connectivity index (χ3n) is 4.99. The first-order valence-electron chi connectivity index (χ1n) is 10.1. The number of benzene rings is 1. The maximum absolute atomic E-state index is 12.5. The molecule has 0 spiro atoms. The van der Waals surface area contributed by atoms with Crippen molar-refractivity contribution in [2.24, 2.45) is 0 Å². The quantitative estimate of drug-likeness (QED) is 0.444. The van der Waals surface area contributed by atoms with E-state index in [1.54, 1.807) is 6.26 Å². The lowest BCUT2D eigenvalue weighted by Crippen LogP contribution is -2.39. The van der Waals surface area contributed by atoms with E-state index in [4.69, 9.17) is 20.5 Å². The molecule has 0 bridgehead atoms. The van der Waals surface area contributed by atoms with Gasteiger partial charge in [0.05, 0.1) is 17.7 Å². The van der Waals surface area contributed by atoms with Crippen LogP contribution in [0, 0.1) is 0 Å². The first-order valence-corrected chi connectivity index (χ1v) is 12.2. The van der Waals surface area contributed by atoms with Gasteiger partial charge in [0, 0.05) is 24.2 Å². The van der Waals surface area contributed by atoms with E-state index in [-0.39, 0.29) is 16.6 Å². The van der Waals surface area contributed by atoms with Crippen LogP contribution in [0.1, 0.15) is 42.5 Å². The zero-order valence-electron chi connectivity index (χ0n) is 17.8. The minimum absolute atomic E-state index is 0.0828. The Bertz CT molecular complexity index is 1110. The molecular weight excluding hydrogens is 456 g/mol. The summed E-state index contributed by atoms with van der Waals surface area (Å²) in [5, 5.41) is 6.78. The summed E-state index contributed by atoms with van der Waals surface area (Å²) >= 11 is 5.80. The van der Waals surface area contributed by atoms with Crippen LogP contribution in [-0.2, 0) is 22.1 Å². The largest absolute Gasteiger partial charge is 0.468 e. The molecule has 1 N–H and O–H groups in total. The van der Waals surface area contributed by atoms with Crippen LogP contribution in [0.25, 0.3) is 0 Å². The Morgan fingerprint density at radius 1 is 1.25 bits per heavy atom. The highest BCUT2D eigenvalue weighted by Crippen LogP contribution is 2.18. The van der Waals surface area contributed by atoms with Gasteiger partial charge in [0.15, 0.2) is 15.7 Å². The second kappa shape index (κ2) is 10.8. The average Bonchev–Trinajstić information content (AvgIpc) is 3.44. The summed E-state index contributed by atoms with van der Waals surface area (Å²) in [6.07, 6.45) is 2.58. The highest BCUT2D eigenvalue weighted by molar-refractivity contribution is 7.90. The molecule has 0 aliphatic heterocycles. The van der Waals surface area contributed by atoms with E-state index in [2.05, 4.69) is 34.2 Å². The van der Waals surface area contributed by atoms with E-state index < -0.39 is 21.5 Å². The number of halogens is 1. The number of sulfone groups is 1. The van der Waals surface area contributed by atoms with Crippen molar-refractivity contribution >= 4 is 27.3 Å². The number of amides is 1. The minimum Gasteiger partial charge on any atom is -0.468 e. The van der Waals surface area contributed by atoms with Crippen LogP contribution in [0.15, 0.2) is 56.5 Å². The summed E-state index contributed by atoms with van der Waals surface area (Å²) in [4.78, 5) is 18.6. The van der Waals surface area contributed by atoms with E-state index in [0.717, 1.165) is 12.2 Å². The molecule has 0 unspecified atom stereocenters. The molecule has 3 rings (SSSR count). The van der Waals surface area contributed by atoms with Crippen molar-refractivity contribution in [1.29, 1.82) is 0 Å². The molecule has 2 aromatic heterocycles. The molecule has 11 heteroatoms. The molecule has 0 saturated carbocycles. The van der Waals surface area contributed by atoms with Gasteiger partial charge in [-0.25, -0.2) is 8.42 Å². The Balaban J connectivity index is 1.55. The van der Waals surface area contributed by atoms with E-state index in [9.17, 15) is 13.2 Å². The van der Waals surface area contributed by atoms with Gasteiger partial charge in [-0.3, -0.25) is 9.69 Å².